The molecule has 0 aliphatic heterocycles. The van der Waals surface area contributed by atoms with E-state index in [4.69, 9.17) is 22.1 Å². The number of rotatable bonds is 7. The third-order valence-corrected chi connectivity index (χ3v) is 6.97. The van der Waals surface area contributed by atoms with Crippen molar-refractivity contribution in [2.24, 2.45) is 5.73 Å². The van der Waals surface area contributed by atoms with Crippen LogP contribution in [-0.4, -0.2) is 35.2 Å². The zero-order valence-electron chi connectivity index (χ0n) is 17.1. The van der Waals surface area contributed by atoms with E-state index in [2.05, 4.69) is 10.1 Å². The van der Waals surface area contributed by atoms with Gasteiger partial charge in [-0.2, -0.15) is 5.10 Å². The first-order valence-electron chi connectivity index (χ1n) is 9.49. The second-order valence-corrected chi connectivity index (χ2v) is 10.9. The van der Waals surface area contributed by atoms with E-state index in [1.165, 1.54) is 0 Å². The molecule has 1 atom stereocenters. The number of primary amides is 1. The van der Waals surface area contributed by atoms with Crippen molar-refractivity contribution in [1.82, 2.24) is 14.6 Å². The Balaban J connectivity index is 1.74. The number of hydrogen-bond acceptors (Lipinski definition) is 7. The number of hydrogen-bond donors (Lipinski definition) is 1. The van der Waals surface area contributed by atoms with Gasteiger partial charge in [0.15, 0.2) is 15.5 Å². The molecule has 0 aliphatic rings. The van der Waals surface area contributed by atoms with Gasteiger partial charge in [-0.05, 0) is 25.1 Å². The van der Waals surface area contributed by atoms with Crippen LogP contribution in [0.3, 0.4) is 0 Å². The third-order valence-electron chi connectivity index (χ3n) is 4.65. The minimum Gasteiger partial charge on any atom is -0.484 e. The number of halogens is 1. The highest BCUT2D eigenvalue weighted by Crippen LogP contribution is 2.38. The van der Waals surface area contributed by atoms with Crippen molar-refractivity contribution in [1.29, 1.82) is 0 Å². The normalized spacial score (nSPS) is 12.7. The summed E-state index contributed by atoms with van der Waals surface area (Å²) in [5, 5.41) is 4.96. The van der Waals surface area contributed by atoms with Crippen LogP contribution in [0, 0.1) is 0 Å². The van der Waals surface area contributed by atoms with Crippen LogP contribution in [-0.2, 0) is 15.6 Å². The molecule has 0 bridgehead atoms. The number of carbonyl (C=O) groups is 1. The molecule has 11 heteroatoms. The first kappa shape index (κ1) is 22.3. The third kappa shape index (κ3) is 4.62. The molecule has 0 spiro atoms. The SMILES string of the molecule is C[C@@H](Oc1cc(-c2cnc3ccc(CS(C)(=O)=O)nn23)sc1C(N)=O)c1ccccc1Cl. The molecule has 4 rings (SSSR count). The second kappa shape index (κ2) is 8.53. The number of imidazole rings is 1. The minimum atomic E-state index is -3.25. The van der Waals surface area contributed by atoms with Crippen LogP contribution >= 0.6 is 22.9 Å². The van der Waals surface area contributed by atoms with Crippen LogP contribution < -0.4 is 10.5 Å². The number of benzene rings is 1. The van der Waals surface area contributed by atoms with Gasteiger partial charge in [0.25, 0.3) is 5.91 Å². The summed E-state index contributed by atoms with van der Waals surface area (Å²) >= 11 is 7.42. The average molecular weight is 491 g/mol. The first-order chi connectivity index (χ1) is 15.1. The van der Waals surface area contributed by atoms with Crippen molar-refractivity contribution in [3.05, 3.63) is 69.8 Å². The van der Waals surface area contributed by atoms with Crippen molar-refractivity contribution < 1.29 is 17.9 Å². The molecule has 3 aromatic heterocycles. The highest BCUT2D eigenvalue weighted by Gasteiger charge is 2.22. The summed E-state index contributed by atoms with van der Waals surface area (Å²) in [5.41, 5.74) is 7.88. The Bertz CT molecular complexity index is 1430. The highest BCUT2D eigenvalue weighted by atomic mass is 35.5. The lowest BCUT2D eigenvalue weighted by Gasteiger charge is -2.16. The maximum Gasteiger partial charge on any atom is 0.262 e. The van der Waals surface area contributed by atoms with Crippen molar-refractivity contribution in [2.75, 3.05) is 6.26 Å². The summed E-state index contributed by atoms with van der Waals surface area (Å²) in [5.74, 6) is -0.490. The molecule has 4 aromatic rings. The van der Waals surface area contributed by atoms with Gasteiger partial charge in [0.2, 0.25) is 0 Å². The minimum absolute atomic E-state index is 0.193. The van der Waals surface area contributed by atoms with Gasteiger partial charge in [-0.1, -0.05) is 29.8 Å². The van der Waals surface area contributed by atoms with E-state index in [1.54, 1.807) is 35.0 Å². The van der Waals surface area contributed by atoms with Gasteiger partial charge in [0, 0.05) is 22.9 Å². The molecule has 0 saturated carbocycles. The van der Waals surface area contributed by atoms with Gasteiger partial charge in [-0.25, -0.2) is 17.9 Å². The lowest BCUT2D eigenvalue weighted by atomic mass is 10.1. The molecule has 1 aromatic carbocycles. The number of nitrogens with two attached hydrogens (primary N) is 1. The van der Waals surface area contributed by atoms with Crippen LogP contribution in [0.25, 0.3) is 16.2 Å². The van der Waals surface area contributed by atoms with E-state index >= 15 is 0 Å². The summed E-state index contributed by atoms with van der Waals surface area (Å²) in [6.07, 6.45) is 2.33. The molecular formula is C21H19ClN4O4S2. The fourth-order valence-electron chi connectivity index (χ4n) is 3.24. The van der Waals surface area contributed by atoms with Crippen molar-refractivity contribution in [3.8, 4) is 16.3 Å². The van der Waals surface area contributed by atoms with Crippen LogP contribution in [0.2, 0.25) is 5.02 Å². The highest BCUT2D eigenvalue weighted by molar-refractivity contribution is 7.89. The quantitative estimate of drug-likeness (QED) is 0.420. The van der Waals surface area contributed by atoms with Gasteiger partial charge >= 0.3 is 0 Å². The summed E-state index contributed by atoms with van der Waals surface area (Å²) in [6.45, 7) is 1.83. The molecule has 2 N–H and O–H groups in total. The molecule has 0 aliphatic carbocycles. The zero-order valence-corrected chi connectivity index (χ0v) is 19.5. The van der Waals surface area contributed by atoms with Crippen molar-refractivity contribution in [2.45, 2.75) is 18.8 Å². The standard InChI is InChI=1S/C21H19ClN4O4S2/c1-12(14-5-3-4-6-15(14)22)30-17-9-18(31-20(17)21(23)27)16-10-24-19-8-7-13(25-26(16)19)11-32(2,28)29/h3-10,12H,11H2,1-2H3,(H2,23,27)/t12-/m1/s1. The van der Waals surface area contributed by atoms with Crippen molar-refractivity contribution in [3.63, 3.8) is 0 Å². The number of ether oxygens (including phenoxy) is 1. The smallest absolute Gasteiger partial charge is 0.262 e. The van der Waals surface area contributed by atoms with E-state index in [0.29, 0.717) is 32.7 Å². The van der Waals surface area contributed by atoms with E-state index in [9.17, 15) is 13.2 Å². The van der Waals surface area contributed by atoms with Gasteiger partial charge in [0.05, 0.1) is 22.5 Å². The summed E-state index contributed by atoms with van der Waals surface area (Å²) < 4.78 is 30.9. The number of amides is 1. The maximum absolute atomic E-state index is 12.1. The van der Waals surface area contributed by atoms with E-state index in [1.807, 2.05) is 25.1 Å². The average Bonchev–Trinajstić information content (AvgIpc) is 3.30. The van der Waals surface area contributed by atoms with Crippen molar-refractivity contribution >= 4 is 44.3 Å². The lowest BCUT2D eigenvalue weighted by Crippen LogP contribution is -2.12. The Morgan fingerprint density at radius 2 is 2.03 bits per heavy atom. The van der Waals surface area contributed by atoms with E-state index in [0.717, 1.165) is 23.2 Å². The molecule has 3 heterocycles. The summed E-state index contributed by atoms with van der Waals surface area (Å²) in [7, 11) is -3.25. The Hall–Kier alpha value is -2.95. The Kier molecular flexibility index (Phi) is 5.93. The predicted octanol–water partition coefficient (Wildman–Crippen LogP) is 3.89. The molecule has 0 radical (unpaired) electrons. The molecule has 0 fully saturated rings. The van der Waals surface area contributed by atoms with Crippen LogP contribution in [0.4, 0.5) is 0 Å². The van der Waals surface area contributed by atoms with E-state index in [-0.39, 0.29) is 10.6 Å². The Morgan fingerprint density at radius 3 is 2.72 bits per heavy atom. The number of sulfone groups is 1. The fourth-order valence-corrected chi connectivity index (χ4v) is 5.16. The van der Waals surface area contributed by atoms with Gasteiger partial charge in [-0.15, -0.1) is 11.3 Å². The van der Waals surface area contributed by atoms with Gasteiger partial charge in [-0.3, -0.25) is 4.79 Å². The largest absolute Gasteiger partial charge is 0.484 e. The Morgan fingerprint density at radius 1 is 1.28 bits per heavy atom. The number of fused-ring (bicyclic) bond motifs is 1. The maximum atomic E-state index is 12.1. The molecular weight excluding hydrogens is 472 g/mol. The summed E-state index contributed by atoms with van der Waals surface area (Å²) in [6, 6.07) is 12.3. The van der Waals surface area contributed by atoms with Crippen LogP contribution in [0.5, 0.6) is 5.75 Å². The molecule has 1 amide bonds. The monoisotopic (exact) mass is 490 g/mol. The van der Waals surface area contributed by atoms with Gasteiger partial charge < -0.3 is 10.5 Å². The zero-order chi connectivity index (χ0) is 23.0. The summed E-state index contributed by atoms with van der Waals surface area (Å²) in [4.78, 5) is 17.3. The van der Waals surface area contributed by atoms with Crippen LogP contribution in [0.15, 0.2) is 48.7 Å². The topological polar surface area (TPSA) is 117 Å². The number of thiophene rings is 1. The van der Waals surface area contributed by atoms with E-state index < -0.39 is 21.8 Å². The molecule has 32 heavy (non-hydrogen) atoms. The number of aromatic nitrogens is 3. The van der Waals surface area contributed by atoms with Crippen LogP contribution in [0.1, 0.15) is 34.0 Å². The fraction of sp³-hybridized carbons (Fsp3) is 0.190. The molecule has 0 unspecified atom stereocenters. The second-order valence-electron chi connectivity index (χ2n) is 7.26. The molecule has 166 valence electrons. The van der Waals surface area contributed by atoms with Gasteiger partial charge in [0.1, 0.15) is 22.4 Å². The molecule has 8 nitrogen and oxygen atoms in total. The number of nitrogens with zero attached hydrogens (tertiary/aromatic N) is 3. The predicted molar refractivity (Wildman–Crippen MR) is 124 cm³/mol. The lowest BCUT2D eigenvalue weighted by molar-refractivity contribution is 0.0998. The molecule has 0 saturated heterocycles. The Labute approximate surface area is 193 Å². The number of carbonyl (C=O) groups excluding carboxylic acids is 1. The first-order valence-corrected chi connectivity index (χ1v) is 12.7.